The zero-order chi connectivity index (χ0) is 15.0. The van der Waals surface area contributed by atoms with Crippen molar-refractivity contribution in [2.45, 2.75) is 13.1 Å². The van der Waals surface area contributed by atoms with Crippen LogP contribution in [0.2, 0.25) is 0 Å². The summed E-state index contributed by atoms with van der Waals surface area (Å²) in [5.41, 5.74) is 3.24. The minimum Gasteiger partial charge on any atom is -0.361 e. The zero-order valence-corrected chi connectivity index (χ0v) is 12.6. The van der Waals surface area contributed by atoms with Gasteiger partial charge in [0.15, 0.2) is 0 Å². The fourth-order valence-electron chi connectivity index (χ4n) is 2.46. The maximum atomic E-state index is 12.5. The molecule has 1 radical (unpaired) electrons. The molecule has 1 aromatic heterocycles. The average Bonchev–Trinajstić information content (AvgIpc) is 2.83. The number of aromatic amines is 1. The summed E-state index contributed by atoms with van der Waals surface area (Å²) >= 11 is 0. The first-order chi connectivity index (χ1) is 9.95. The van der Waals surface area contributed by atoms with Crippen molar-refractivity contribution in [3.8, 4) is 0 Å². The van der Waals surface area contributed by atoms with E-state index in [4.69, 9.17) is 0 Å². The molecule has 0 spiro atoms. The molecule has 1 heterocycles. The summed E-state index contributed by atoms with van der Waals surface area (Å²) in [6, 6.07) is 11.1. The predicted molar refractivity (Wildman–Crippen MR) is 84.2 cm³/mol. The Balaban J connectivity index is 0.00000176. The summed E-state index contributed by atoms with van der Waals surface area (Å²) in [6.45, 7) is 2.01. The highest BCUT2D eigenvalue weighted by molar-refractivity contribution is 5.88. The molecule has 0 aliphatic heterocycles. The van der Waals surface area contributed by atoms with Gasteiger partial charge >= 0.3 is 6.18 Å². The minimum atomic E-state index is -4.30. The van der Waals surface area contributed by atoms with Gasteiger partial charge in [-0.15, -0.1) is 12.4 Å². The van der Waals surface area contributed by atoms with E-state index in [2.05, 4.69) is 4.98 Å². The number of benzene rings is 2. The second-order valence-corrected chi connectivity index (χ2v) is 5.01. The Labute approximate surface area is 132 Å². The topological polar surface area (TPSA) is 15.8 Å². The van der Waals surface area contributed by atoms with Gasteiger partial charge in [0, 0.05) is 23.5 Å². The van der Waals surface area contributed by atoms with Gasteiger partial charge in [-0.05, 0) is 41.8 Å². The van der Waals surface area contributed by atoms with Crippen LogP contribution in [0.25, 0.3) is 10.9 Å². The van der Waals surface area contributed by atoms with Crippen LogP contribution in [0.4, 0.5) is 13.2 Å². The van der Waals surface area contributed by atoms with Crippen LogP contribution < -0.4 is 0 Å². The van der Waals surface area contributed by atoms with Crippen LogP contribution >= 0.6 is 12.4 Å². The van der Waals surface area contributed by atoms with Crippen molar-refractivity contribution < 1.29 is 13.2 Å². The van der Waals surface area contributed by atoms with Crippen molar-refractivity contribution >= 4 is 23.3 Å². The van der Waals surface area contributed by atoms with Crippen LogP contribution in [0.5, 0.6) is 0 Å². The molecule has 0 aliphatic rings. The molecule has 0 unspecified atom stereocenters. The lowest BCUT2D eigenvalue weighted by molar-refractivity contribution is -0.137. The first kappa shape index (κ1) is 16.4. The minimum absolute atomic E-state index is 0. The fourth-order valence-corrected chi connectivity index (χ4v) is 2.46. The van der Waals surface area contributed by atoms with Crippen LogP contribution in [0.15, 0.2) is 48.7 Å². The lowest BCUT2D eigenvalue weighted by Gasteiger charge is -2.07. The highest BCUT2D eigenvalue weighted by Gasteiger charge is 2.29. The quantitative estimate of drug-likeness (QED) is 0.639. The molecular formula is C17H14ClF3N. The van der Waals surface area contributed by atoms with E-state index in [1.165, 1.54) is 12.1 Å². The van der Waals surface area contributed by atoms with Crippen molar-refractivity contribution in [1.29, 1.82) is 0 Å². The molecule has 2 aromatic carbocycles. The Bertz CT molecular complexity index is 773. The van der Waals surface area contributed by atoms with Crippen LogP contribution in [0.3, 0.4) is 0 Å². The zero-order valence-electron chi connectivity index (χ0n) is 11.7. The van der Waals surface area contributed by atoms with Gasteiger partial charge in [0.2, 0.25) is 0 Å². The number of aryl methyl sites for hydroxylation is 1. The molecule has 0 amide bonds. The first-order valence-electron chi connectivity index (χ1n) is 6.54. The van der Waals surface area contributed by atoms with Crippen LogP contribution in [0, 0.1) is 13.3 Å². The Hall–Kier alpha value is -1.94. The number of hydrogen-bond donors (Lipinski definition) is 1. The van der Waals surface area contributed by atoms with Crippen molar-refractivity contribution in [2.24, 2.45) is 0 Å². The molecule has 0 saturated heterocycles. The van der Waals surface area contributed by atoms with Gasteiger partial charge in [0.05, 0.1) is 5.56 Å². The lowest BCUT2D eigenvalue weighted by atomic mass is 10.0. The summed E-state index contributed by atoms with van der Waals surface area (Å²) < 4.78 is 37.6. The number of nitrogens with one attached hydrogen (secondary N) is 1. The first-order valence-corrected chi connectivity index (χ1v) is 6.54. The molecule has 115 valence electrons. The Morgan fingerprint density at radius 2 is 1.68 bits per heavy atom. The number of fused-ring (bicyclic) bond motifs is 1. The predicted octanol–water partition coefficient (Wildman–Crippen LogP) is 5.52. The maximum Gasteiger partial charge on any atom is 0.416 e. The molecule has 0 saturated carbocycles. The molecule has 3 rings (SSSR count). The van der Waals surface area contributed by atoms with Gasteiger partial charge in [-0.25, -0.2) is 0 Å². The Morgan fingerprint density at radius 3 is 2.32 bits per heavy atom. The monoisotopic (exact) mass is 324 g/mol. The number of alkyl halides is 3. The van der Waals surface area contributed by atoms with E-state index in [1.54, 1.807) is 0 Å². The summed E-state index contributed by atoms with van der Waals surface area (Å²) in [5, 5.41) is 1.09. The van der Waals surface area contributed by atoms with Gasteiger partial charge in [0.25, 0.3) is 0 Å². The van der Waals surface area contributed by atoms with E-state index in [9.17, 15) is 13.2 Å². The third kappa shape index (κ3) is 3.12. The number of hydrogen-bond acceptors (Lipinski definition) is 0. The molecule has 1 N–H and O–H groups in total. The van der Waals surface area contributed by atoms with Crippen molar-refractivity contribution in [1.82, 2.24) is 4.98 Å². The summed E-state index contributed by atoms with van der Waals surface area (Å²) in [7, 11) is 0. The number of aromatic nitrogens is 1. The normalized spacial score (nSPS) is 11.5. The largest absolute Gasteiger partial charge is 0.416 e. The highest BCUT2D eigenvalue weighted by Crippen LogP contribution is 2.30. The summed E-state index contributed by atoms with van der Waals surface area (Å²) in [6.07, 6.45) is -0.544. The Morgan fingerprint density at radius 1 is 1.00 bits per heavy atom. The fraction of sp³-hybridized carbons (Fsp3) is 0.118. The molecule has 3 aromatic rings. The maximum absolute atomic E-state index is 12.5. The molecule has 0 bridgehead atoms. The van der Waals surface area contributed by atoms with Crippen molar-refractivity contribution in [3.63, 3.8) is 0 Å². The highest BCUT2D eigenvalue weighted by atomic mass is 35.5. The molecule has 1 nitrogen and oxygen atoms in total. The second-order valence-electron chi connectivity index (χ2n) is 5.01. The lowest BCUT2D eigenvalue weighted by Crippen LogP contribution is -2.04. The van der Waals surface area contributed by atoms with Crippen molar-refractivity contribution in [2.75, 3.05) is 0 Å². The van der Waals surface area contributed by atoms with Crippen LogP contribution in [-0.4, -0.2) is 4.98 Å². The van der Waals surface area contributed by atoms with Crippen molar-refractivity contribution in [3.05, 3.63) is 77.3 Å². The van der Waals surface area contributed by atoms with Gasteiger partial charge in [-0.2, -0.15) is 13.2 Å². The Kier molecular flexibility index (Phi) is 4.52. The van der Waals surface area contributed by atoms with E-state index in [1.807, 2.05) is 37.7 Å². The smallest absolute Gasteiger partial charge is 0.361 e. The SMILES string of the molecule is Cc1cccc2[nH]cc([CH]c3ccc(C(F)(F)F)cc3)c12.Cl. The number of rotatable bonds is 2. The van der Waals surface area contributed by atoms with E-state index in [0.717, 1.165) is 39.7 Å². The third-order valence-electron chi connectivity index (χ3n) is 3.50. The van der Waals surface area contributed by atoms with Gasteiger partial charge in [-0.1, -0.05) is 24.3 Å². The van der Waals surface area contributed by atoms with E-state index < -0.39 is 11.7 Å². The van der Waals surface area contributed by atoms with E-state index in [-0.39, 0.29) is 12.4 Å². The van der Waals surface area contributed by atoms with Crippen LogP contribution in [-0.2, 0) is 6.18 Å². The molecule has 22 heavy (non-hydrogen) atoms. The summed E-state index contributed by atoms with van der Waals surface area (Å²) in [4.78, 5) is 3.17. The standard InChI is InChI=1S/C17H13F3N.ClH/c1-11-3-2-4-15-16(11)13(10-21-15)9-12-5-7-14(8-6-12)17(18,19)20;/h2-10,21H,1H3;1H. The van der Waals surface area contributed by atoms with E-state index >= 15 is 0 Å². The molecular weight excluding hydrogens is 311 g/mol. The van der Waals surface area contributed by atoms with Gasteiger partial charge < -0.3 is 4.98 Å². The van der Waals surface area contributed by atoms with E-state index in [0.29, 0.717) is 0 Å². The molecule has 0 fully saturated rings. The van der Waals surface area contributed by atoms with Crippen LogP contribution in [0.1, 0.15) is 22.3 Å². The molecule has 0 atom stereocenters. The number of halogens is 4. The average molecular weight is 325 g/mol. The number of H-pyrrole nitrogens is 1. The third-order valence-corrected chi connectivity index (χ3v) is 3.50. The van der Waals surface area contributed by atoms with Gasteiger partial charge in [-0.3, -0.25) is 0 Å². The second kappa shape index (κ2) is 6.05. The molecule has 5 heteroatoms. The van der Waals surface area contributed by atoms with Gasteiger partial charge in [0.1, 0.15) is 0 Å². The summed E-state index contributed by atoms with van der Waals surface area (Å²) in [5.74, 6) is 0. The molecule has 0 aliphatic carbocycles.